The molecule has 43 heavy (non-hydrogen) atoms. The third-order valence-electron chi connectivity index (χ3n) is 7.80. The predicted molar refractivity (Wildman–Crippen MR) is 182 cm³/mol. The molecule has 204 valence electrons. The molecule has 0 spiro atoms. The van der Waals surface area contributed by atoms with Crippen molar-refractivity contribution in [3.8, 4) is 22.3 Å². The van der Waals surface area contributed by atoms with Crippen LogP contribution in [0.5, 0.6) is 0 Å². The number of rotatable bonds is 7. The van der Waals surface area contributed by atoms with Crippen molar-refractivity contribution >= 4 is 39.6 Å². The highest BCUT2D eigenvalue weighted by molar-refractivity contribution is 6.13. The summed E-state index contributed by atoms with van der Waals surface area (Å²) in [5.74, 6) is 0. The van der Waals surface area contributed by atoms with Crippen LogP contribution in [0.2, 0.25) is 0 Å². The van der Waals surface area contributed by atoms with Crippen LogP contribution >= 0.6 is 0 Å². The highest BCUT2D eigenvalue weighted by atomic mass is 15.0. The van der Waals surface area contributed by atoms with Gasteiger partial charge in [-0.25, -0.2) is 4.99 Å². The van der Waals surface area contributed by atoms with Gasteiger partial charge in [-0.15, -0.1) is 0 Å². The number of aromatic nitrogens is 1. The standard InChI is InChI=1S/C40H29N3/c41-37(33-23-19-31(20-24-33)29-11-3-1-4-12-29)27-38(34-25-21-32(22-26-34)30-13-5-2-6-14-30)42-28-43-39-17-9-7-15-35(39)36-16-8-10-18-40(36)43/h1-28,41H/b38-27-,41-37?,42-28?. The number of aliphatic imine (C=N–C) groups is 1. The van der Waals surface area contributed by atoms with Gasteiger partial charge in [0.1, 0.15) is 6.34 Å². The van der Waals surface area contributed by atoms with Crippen molar-refractivity contribution in [1.29, 1.82) is 5.41 Å². The summed E-state index contributed by atoms with van der Waals surface area (Å²) < 4.78 is 2.13. The highest BCUT2D eigenvalue weighted by Crippen LogP contribution is 2.29. The van der Waals surface area contributed by atoms with E-state index in [1.165, 1.54) is 16.3 Å². The number of para-hydroxylation sites is 2. The van der Waals surface area contributed by atoms with Gasteiger partial charge in [0.05, 0.1) is 22.4 Å². The third kappa shape index (κ3) is 5.32. The van der Waals surface area contributed by atoms with E-state index in [0.29, 0.717) is 5.71 Å². The zero-order valence-corrected chi connectivity index (χ0v) is 23.6. The summed E-state index contributed by atoms with van der Waals surface area (Å²) in [6.07, 6.45) is 3.74. The fraction of sp³-hybridized carbons (Fsp3) is 0. The van der Waals surface area contributed by atoms with E-state index in [-0.39, 0.29) is 0 Å². The Morgan fingerprint density at radius 3 is 1.40 bits per heavy atom. The first-order valence-electron chi connectivity index (χ1n) is 14.4. The average Bonchev–Trinajstić information content (AvgIpc) is 3.41. The summed E-state index contributed by atoms with van der Waals surface area (Å²) in [6.45, 7) is 0. The fourth-order valence-electron chi connectivity index (χ4n) is 5.55. The summed E-state index contributed by atoms with van der Waals surface area (Å²) in [4.78, 5) is 5.03. The Kier molecular flexibility index (Phi) is 7.04. The number of allylic oxidation sites excluding steroid dienone is 1. The molecular formula is C40H29N3. The van der Waals surface area contributed by atoms with Gasteiger partial charge in [0.15, 0.2) is 0 Å². The molecule has 1 heterocycles. The normalized spacial score (nSPS) is 11.9. The van der Waals surface area contributed by atoms with Crippen LogP contribution in [0.4, 0.5) is 0 Å². The lowest BCUT2D eigenvalue weighted by atomic mass is 10.00. The van der Waals surface area contributed by atoms with Crippen molar-refractivity contribution in [3.63, 3.8) is 0 Å². The minimum atomic E-state index is 0.404. The summed E-state index contributed by atoms with van der Waals surface area (Å²) in [6, 6.07) is 54.0. The first kappa shape index (κ1) is 26.1. The van der Waals surface area contributed by atoms with Gasteiger partial charge in [0.25, 0.3) is 0 Å². The Hall–Kier alpha value is -5.80. The fourth-order valence-corrected chi connectivity index (χ4v) is 5.55. The van der Waals surface area contributed by atoms with Crippen LogP contribution in [0.25, 0.3) is 49.8 Å². The largest absolute Gasteiger partial charge is 0.300 e. The zero-order valence-electron chi connectivity index (χ0n) is 23.6. The van der Waals surface area contributed by atoms with Crippen molar-refractivity contribution in [2.24, 2.45) is 4.99 Å². The maximum Gasteiger partial charge on any atom is 0.100 e. The van der Waals surface area contributed by atoms with Crippen LogP contribution in [0.3, 0.4) is 0 Å². The van der Waals surface area contributed by atoms with Crippen LogP contribution in [-0.2, 0) is 0 Å². The molecule has 3 nitrogen and oxygen atoms in total. The van der Waals surface area contributed by atoms with Gasteiger partial charge < -0.3 is 5.41 Å². The number of hydrogen-bond donors (Lipinski definition) is 1. The topological polar surface area (TPSA) is 41.1 Å². The first-order chi connectivity index (χ1) is 21.2. The van der Waals surface area contributed by atoms with Crippen LogP contribution in [0.15, 0.2) is 169 Å². The van der Waals surface area contributed by atoms with E-state index in [0.717, 1.165) is 44.5 Å². The third-order valence-corrected chi connectivity index (χ3v) is 7.80. The molecule has 6 aromatic carbocycles. The second-order valence-corrected chi connectivity index (χ2v) is 10.5. The van der Waals surface area contributed by atoms with Crippen molar-refractivity contribution in [1.82, 2.24) is 4.57 Å². The molecule has 0 aliphatic carbocycles. The highest BCUT2D eigenvalue weighted by Gasteiger charge is 2.10. The van der Waals surface area contributed by atoms with E-state index in [1.807, 2.05) is 48.8 Å². The van der Waals surface area contributed by atoms with Crippen molar-refractivity contribution in [2.45, 2.75) is 0 Å². The molecule has 0 saturated heterocycles. The van der Waals surface area contributed by atoms with Gasteiger partial charge in [-0.05, 0) is 46.0 Å². The van der Waals surface area contributed by atoms with E-state index in [9.17, 15) is 0 Å². The lowest BCUT2D eigenvalue weighted by molar-refractivity contribution is 1.31. The van der Waals surface area contributed by atoms with E-state index < -0.39 is 0 Å². The molecule has 0 bridgehead atoms. The molecule has 3 heteroatoms. The molecule has 7 aromatic rings. The van der Waals surface area contributed by atoms with Gasteiger partial charge in [0.2, 0.25) is 0 Å². The van der Waals surface area contributed by atoms with E-state index in [2.05, 4.69) is 126 Å². The summed E-state index contributed by atoms with van der Waals surface area (Å²) in [5, 5.41) is 11.4. The second kappa shape index (κ2) is 11.6. The van der Waals surface area contributed by atoms with Crippen LogP contribution in [0, 0.1) is 5.41 Å². The van der Waals surface area contributed by atoms with E-state index in [4.69, 9.17) is 10.4 Å². The van der Waals surface area contributed by atoms with Crippen LogP contribution in [-0.4, -0.2) is 16.6 Å². The number of hydrogen-bond acceptors (Lipinski definition) is 2. The Morgan fingerprint density at radius 1 is 0.465 bits per heavy atom. The molecule has 0 unspecified atom stereocenters. The molecule has 7 rings (SSSR count). The van der Waals surface area contributed by atoms with Gasteiger partial charge in [-0.3, -0.25) is 4.57 Å². The molecule has 0 aliphatic rings. The minimum absolute atomic E-state index is 0.404. The molecule has 0 fully saturated rings. The van der Waals surface area contributed by atoms with Crippen LogP contribution < -0.4 is 0 Å². The van der Waals surface area contributed by atoms with Crippen molar-refractivity contribution in [3.05, 3.63) is 175 Å². The lowest BCUT2D eigenvalue weighted by Gasteiger charge is -2.08. The van der Waals surface area contributed by atoms with E-state index in [1.54, 1.807) is 0 Å². The second-order valence-electron chi connectivity index (χ2n) is 10.5. The Balaban J connectivity index is 1.29. The SMILES string of the molecule is N=C(/C=C(\N=Cn1c2ccccc2c2ccccc21)c1ccc(-c2ccccc2)cc1)c1ccc(-c2ccccc2)cc1. The summed E-state index contributed by atoms with van der Waals surface area (Å²) in [7, 11) is 0. The maximum atomic E-state index is 9.02. The average molecular weight is 552 g/mol. The van der Waals surface area contributed by atoms with E-state index >= 15 is 0 Å². The molecule has 0 atom stereocenters. The van der Waals surface area contributed by atoms with Gasteiger partial charge in [0, 0.05) is 16.3 Å². The zero-order chi connectivity index (χ0) is 29.0. The smallest absolute Gasteiger partial charge is 0.100 e. The summed E-state index contributed by atoms with van der Waals surface area (Å²) in [5.41, 5.74) is 9.69. The quantitative estimate of drug-likeness (QED) is 0.151. The monoisotopic (exact) mass is 551 g/mol. The number of nitrogens with zero attached hydrogens (tertiary/aromatic N) is 2. The molecule has 0 amide bonds. The van der Waals surface area contributed by atoms with Crippen molar-refractivity contribution in [2.75, 3.05) is 0 Å². The van der Waals surface area contributed by atoms with Gasteiger partial charge >= 0.3 is 0 Å². The Bertz CT molecular complexity index is 2050. The molecule has 1 aromatic heterocycles. The molecule has 1 N–H and O–H groups in total. The predicted octanol–water partition coefficient (Wildman–Crippen LogP) is 10.1. The number of fused-ring (bicyclic) bond motifs is 3. The molecular weight excluding hydrogens is 522 g/mol. The minimum Gasteiger partial charge on any atom is -0.300 e. The summed E-state index contributed by atoms with van der Waals surface area (Å²) >= 11 is 0. The lowest BCUT2D eigenvalue weighted by Crippen LogP contribution is -1.99. The Morgan fingerprint density at radius 2 is 0.884 bits per heavy atom. The number of benzene rings is 6. The van der Waals surface area contributed by atoms with Crippen molar-refractivity contribution < 1.29 is 0 Å². The molecule has 0 aliphatic heterocycles. The van der Waals surface area contributed by atoms with Gasteiger partial charge in [-0.1, -0.05) is 146 Å². The van der Waals surface area contributed by atoms with Gasteiger partial charge in [-0.2, -0.15) is 0 Å². The molecule has 0 saturated carbocycles. The van der Waals surface area contributed by atoms with Crippen LogP contribution in [0.1, 0.15) is 11.1 Å². The Labute approximate surface area is 251 Å². The first-order valence-corrected chi connectivity index (χ1v) is 14.4. The number of nitrogens with one attached hydrogen (secondary N) is 1. The maximum absolute atomic E-state index is 9.02. The molecule has 0 radical (unpaired) electrons.